The predicted molar refractivity (Wildman–Crippen MR) is 47.4 cm³/mol. The molecular weight excluding hydrogens is 156 g/mol. The van der Waals surface area contributed by atoms with Crippen LogP contribution < -0.4 is 0 Å². The van der Waals surface area contributed by atoms with Crippen LogP contribution in [0.5, 0.6) is 0 Å². The Kier molecular flexibility index (Phi) is 3.55. The molecule has 48 valence electrons. The normalized spacial score (nSPS) is 20.6. The molecule has 0 spiro atoms. The summed E-state index contributed by atoms with van der Waals surface area (Å²) in [6.07, 6.45) is 0. The maximum Gasteiger partial charge on any atom is 0.0229 e. The predicted octanol–water partition coefficient (Wildman–Crippen LogP) is 1.76. The fourth-order valence-electron chi connectivity index (χ4n) is 0.530. The molecule has 0 saturated carbocycles. The summed E-state index contributed by atoms with van der Waals surface area (Å²) in [4.78, 5) is 0. The van der Waals surface area contributed by atoms with Gasteiger partial charge in [-0.15, -0.1) is 0 Å². The highest BCUT2D eigenvalue weighted by molar-refractivity contribution is 8.07. The maximum atomic E-state index is 4.13. The Morgan fingerprint density at radius 3 is 2.75 bits per heavy atom. The first kappa shape index (κ1) is 7.16. The van der Waals surface area contributed by atoms with Gasteiger partial charge in [0, 0.05) is 22.5 Å². The van der Waals surface area contributed by atoms with Gasteiger partial charge in [-0.3, -0.25) is 0 Å². The van der Waals surface area contributed by atoms with E-state index in [0.29, 0.717) is 0 Å². The van der Waals surface area contributed by atoms with Crippen molar-refractivity contribution in [1.29, 1.82) is 0 Å². The Hall–Kier alpha value is 1.05. The zero-order chi connectivity index (χ0) is 5.82. The summed E-state index contributed by atoms with van der Waals surface area (Å²) in [5.74, 6) is 5.01. The van der Waals surface area contributed by atoms with E-state index in [1.165, 1.54) is 17.3 Å². The molecule has 1 heterocycles. The van der Waals surface area contributed by atoms with Crippen LogP contribution in [-0.4, -0.2) is 28.3 Å². The summed E-state index contributed by atoms with van der Waals surface area (Å²) in [6, 6.07) is 0. The monoisotopic (exact) mass is 166 g/mol. The number of thioether (sulfide) groups is 2. The molecule has 0 aromatic heterocycles. The molecule has 0 aliphatic carbocycles. The molecule has 0 aromatic carbocycles. The highest BCUT2D eigenvalue weighted by Crippen LogP contribution is 2.28. The minimum atomic E-state index is 0.965. The van der Waals surface area contributed by atoms with Crippen molar-refractivity contribution in [3.8, 4) is 0 Å². The Balaban J connectivity index is 1.86. The van der Waals surface area contributed by atoms with E-state index in [4.69, 9.17) is 0 Å². The third kappa shape index (κ3) is 2.11. The molecule has 0 N–H and O–H groups in total. The molecule has 0 amide bonds. The first-order valence-electron chi connectivity index (χ1n) is 2.73. The van der Waals surface area contributed by atoms with Gasteiger partial charge in [0.25, 0.3) is 0 Å². The molecule has 1 saturated heterocycles. The van der Waals surface area contributed by atoms with Crippen LogP contribution in [0.1, 0.15) is 0 Å². The third-order valence-electron chi connectivity index (χ3n) is 1.05. The standard InChI is InChI=1S/C5H10S3/c6-1-2-8-5-3-7-4-5/h5-6H,1-4H2. The largest absolute Gasteiger partial charge is 0.179 e. The average molecular weight is 166 g/mol. The summed E-state index contributed by atoms with van der Waals surface area (Å²) >= 11 is 8.25. The van der Waals surface area contributed by atoms with E-state index in [1.54, 1.807) is 0 Å². The SMILES string of the molecule is SCCSC1CSC1. The van der Waals surface area contributed by atoms with Crippen molar-refractivity contribution in [2.75, 3.05) is 23.0 Å². The van der Waals surface area contributed by atoms with Gasteiger partial charge in [-0.2, -0.15) is 36.2 Å². The zero-order valence-electron chi connectivity index (χ0n) is 4.67. The summed E-state index contributed by atoms with van der Waals surface area (Å²) in [5.41, 5.74) is 0. The molecule has 1 rings (SSSR count). The first-order valence-corrected chi connectivity index (χ1v) is 5.57. The van der Waals surface area contributed by atoms with Crippen molar-refractivity contribution in [1.82, 2.24) is 0 Å². The second-order valence-electron chi connectivity index (χ2n) is 1.75. The highest BCUT2D eigenvalue weighted by Gasteiger charge is 2.16. The molecule has 1 aliphatic heterocycles. The molecule has 8 heavy (non-hydrogen) atoms. The number of thiol groups is 1. The van der Waals surface area contributed by atoms with Crippen molar-refractivity contribution < 1.29 is 0 Å². The van der Waals surface area contributed by atoms with Crippen molar-refractivity contribution in [3.05, 3.63) is 0 Å². The van der Waals surface area contributed by atoms with Gasteiger partial charge in [0.05, 0.1) is 0 Å². The van der Waals surface area contributed by atoms with E-state index >= 15 is 0 Å². The highest BCUT2D eigenvalue weighted by atomic mass is 32.2. The van der Waals surface area contributed by atoms with Crippen LogP contribution in [0.15, 0.2) is 0 Å². The first-order chi connectivity index (χ1) is 3.93. The molecule has 0 atom stereocenters. The van der Waals surface area contributed by atoms with E-state index in [1.807, 2.05) is 11.8 Å². The van der Waals surface area contributed by atoms with Crippen molar-refractivity contribution in [2.45, 2.75) is 5.25 Å². The molecule has 1 aliphatic rings. The summed E-state index contributed by atoms with van der Waals surface area (Å²) in [5, 5.41) is 0.965. The number of hydrogen-bond acceptors (Lipinski definition) is 3. The van der Waals surface area contributed by atoms with Crippen LogP contribution in [0.2, 0.25) is 0 Å². The molecule has 0 aromatic rings. The van der Waals surface area contributed by atoms with Gasteiger partial charge in [-0.05, 0) is 5.75 Å². The van der Waals surface area contributed by atoms with Gasteiger partial charge in [0.1, 0.15) is 0 Å². The Bertz CT molecular complexity index is 60.7. The molecule has 1 fully saturated rings. The fourth-order valence-corrected chi connectivity index (χ4v) is 3.06. The van der Waals surface area contributed by atoms with E-state index in [2.05, 4.69) is 24.4 Å². The van der Waals surface area contributed by atoms with Gasteiger partial charge in [-0.1, -0.05) is 0 Å². The fraction of sp³-hybridized carbons (Fsp3) is 1.00. The minimum absolute atomic E-state index is 0.965. The molecule has 0 bridgehead atoms. The summed E-state index contributed by atoms with van der Waals surface area (Å²) in [7, 11) is 0. The third-order valence-corrected chi connectivity index (χ3v) is 4.52. The van der Waals surface area contributed by atoms with Crippen LogP contribution in [0.3, 0.4) is 0 Å². The van der Waals surface area contributed by atoms with Crippen LogP contribution in [0.4, 0.5) is 0 Å². The van der Waals surface area contributed by atoms with Crippen LogP contribution in [-0.2, 0) is 0 Å². The smallest absolute Gasteiger partial charge is 0.0229 e. The average Bonchev–Trinajstić information content (AvgIpc) is 1.63. The number of rotatable bonds is 3. The van der Waals surface area contributed by atoms with Crippen LogP contribution in [0.25, 0.3) is 0 Å². The van der Waals surface area contributed by atoms with Gasteiger partial charge in [-0.25, -0.2) is 0 Å². The molecule has 3 heteroatoms. The Labute approximate surface area is 64.6 Å². The lowest BCUT2D eigenvalue weighted by Crippen LogP contribution is -2.21. The van der Waals surface area contributed by atoms with Crippen molar-refractivity contribution >= 4 is 36.2 Å². The Morgan fingerprint density at radius 2 is 2.38 bits per heavy atom. The second-order valence-corrected chi connectivity index (χ2v) is 4.68. The maximum absolute atomic E-state index is 4.13. The van der Waals surface area contributed by atoms with Gasteiger partial charge in [0.2, 0.25) is 0 Å². The molecule has 0 unspecified atom stereocenters. The minimum Gasteiger partial charge on any atom is -0.179 e. The lowest BCUT2D eigenvalue weighted by Gasteiger charge is -2.23. The van der Waals surface area contributed by atoms with Crippen molar-refractivity contribution in [2.24, 2.45) is 0 Å². The van der Waals surface area contributed by atoms with Gasteiger partial charge < -0.3 is 0 Å². The van der Waals surface area contributed by atoms with E-state index in [-0.39, 0.29) is 0 Å². The van der Waals surface area contributed by atoms with E-state index in [0.717, 1.165) is 11.0 Å². The lowest BCUT2D eigenvalue weighted by molar-refractivity contribution is 1.08. The summed E-state index contributed by atoms with van der Waals surface area (Å²) in [6.45, 7) is 0. The molecule has 0 nitrogen and oxygen atoms in total. The van der Waals surface area contributed by atoms with Gasteiger partial charge in [0.15, 0.2) is 0 Å². The van der Waals surface area contributed by atoms with Crippen LogP contribution in [0, 0.1) is 0 Å². The van der Waals surface area contributed by atoms with E-state index in [9.17, 15) is 0 Å². The number of hydrogen-bond donors (Lipinski definition) is 1. The Morgan fingerprint density at radius 1 is 1.62 bits per heavy atom. The second kappa shape index (κ2) is 3.96. The van der Waals surface area contributed by atoms with Gasteiger partial charge >= 0.3 is 0 Å². The summed E-state index contributed by atoms with van der Waals surface area (Å²) < 4.78 is 0. The molecular formula is C5H10S3. The van der Waals surface area contributed by atoms with Crippen LogP contribution >= 0.6 is 36.2 Å². The van der Waals surface area contributed by atoms with Crippen molar-refractivity contribution in [3.63, 3.8) is 0 Å². The zero-order valence-corrected chi connectivity index (χ0v) is 7.20. The topological polar surface area (TPSA) is 0 Å². The molecule has 0 radical (unpaired) electrons. The quantitative estimate of drug-likeness (QED) is 0.635. The van der Waals surface area contributed by atoms with E-state index < -0.39 is 0 Å². The lowest BCUT2D eigenvalue weighted by atomic mass is 10.5.